The SMILES string of the molecule is C[C@H](OC[C@@H]1CCCO1)C(=O)N[C@@H](c1ccccc1)c1ccccn1. The quantitative estimate of drug-likeness (QED) is 0.842. The van der Waals surface area contributed by atoms with E-state index < -0.39 is 6.10 Å². The molecule has 1 amide bonds. The van der Waals surface area contributed by atoms with Gasteiger partial charge in [0, 0.05) is 12.8 Å². The molecule has 2 aromatic rings. The van der Waals surface area contributed by atoms with E-state index in [4.69, 9.17) is 9.47 Å². The third kappa shape index (κ3) is 4.87. The molecule has 132 valence electrons. The highest BCUT2D eigenvalue weighted by atomic mass is 16.5. The van der Waals surface area contributed by atoms with Crippen LogP contribution in [0.5, 0.6) is 0 Å². The lowest BCUT2D eigenvalue weighted by atomic mass is 10.0. The maximum atomic E-state index is 12.6. The van der Waals surface area contributed by atoms with Gasteiger partial charge < -0.3 is 14.8 Å². The molecule has 3 rings (SSSR count). The minimum Gasteiger partial charge on any atom is -0.376 e. The van der Waals surface area contributed by atoms with Gasteiger partial charge in [0.1, 0.15) is 6.10 Å². The van der Waals surface area contributed by atoms with Crippen LogP contribution in [0.4, 0.5) is 0 Å². The van der Waals surface area contributed by atoms with Crippen molar-refractivity contribution >= 4 is 5.91 Å². The maximum absolute atomic E-state index is 12.6. The molecule has 1 saturated heterocycles. The minimum absolute atomic E-state index is 0.107. The summed E-state index contributed by atoms with van der Waals surface area (Å²) in [4.78, 5) is 17.0. The number of carbonyl (C=O) groups excluding carboxylic acids is 1. The molecule has 0 spiro atoms. The average molecular weight is 340 g/mol. The van der Waals surface area contributed by atoms with Crippen molar-refractivity contribution in [3.8, 4) is 0 Å². The molecule has 0 unspecified atom stereocenters. The van der Waals surface area contributed by atoms with Crippen LogP contribution in [-0.2, 0) is 14.3 Å². The third-order valence-corrected chi connectivity index (χ3v) is 4.33. The molecule has 0 saturated carbocycles. The number of pyridine rings is 1. The molecule has 1 aliphatic rings. The predicted molar refractivity (Wildman–Crippen MR) is 95.1 cm³/mol. The van der Waals surface area contributed by atoms with Gasteiger partial charge in [0.15, 0.2) is 0 Å². The summed E-state index contributed by atoms with van der Waals surface area (Å²) in [6.45, 7) is 3.00. The summed E-state index contributed by atoms with van der Waals surface area (Å²) in [6.07, 6.45) is 3.35. The van der Waals surface area contributed by atoms with Crippen LogP contribution < -0.4 is 5.32 Å². The van der Waals surface area contributed by atoms with Crippen molar-refractivity contribution in [2.45, 2.75) is 38.0 Å². The van der Waals surface area contributed by atoms with E-state index in [2.05, 4.69) is 10.3 Å². The predicted octanol–water partition coefficient (Wildman–Crippen LogP) is 2.87. The van der Waals surface area contributed by atoms with Gasteiger partial charge in [-0.2, -0.15) is 0 Å². The standard InChI is InChI=1S/C20H24N2O3/c1-15(25-14-17-10-7-13-24-17)20(23)22-19(16-8-3-2-4-9-16)18-11-5-6-12-21-18/h2-6,8-9,11-12,15,17,19H,7,10,13-14H2,1H3,(H,22,23)/t15-,17-,19-/m0/s1. The Hall–Kier alpha value is -2.24. The third-order valence-electron chi connectivity index (χ3n) is 4.33. The first kappa shape index (κ1) is 17.6. The Morgan fingerprint density at radius 3 is 2.76 bits per heavy atom. The molecule has 1 N–H and O–H groups in total. The molecule has 5 heteroatoms. The molecular weight excluding hydrogens is 316 g/mol. The number of hydrogen-bond donors (Lipinski definition) is 1. The highest BCUT2D eigenvalue weighted by Crippen LogP contribution is 2.20. The first-order chi connectivity index (χ1) is 12.2. The van der Waals surface area contributed by atoms with Gasteiger partial charge in [-0.3, -0.25) is 9.78 Å². The van der Waals surface area contributed by atoms with E-state index in [0.29, 0.717) is 6.61 Å². The molecule has 1 aromatic heterocycles. The first-order valence-corrected chi connectivity index (χ1v) is 8.73. The summed E-state index contributed by atoms with van der Waals surface area (Å²) in [5.41, 5.74) is 1.79. The van der Waals surface area contributed by atoms with E-state index in [0.717, 1.165) is 30.7 Å². The number of hydrogen-bond acceptors (Lipinski definition) is 4. The van der Waals surface area contributed by atoms with Crippen molar-refractivity contribution in [3.63, 3.8) is 0 Å². The Morgan fingerprint density at radius 2 is 2.08 bits per heavy atom. The van der Waals surface area contributed by atoms with Crippen LogP contribution in [0.15, 0.2) is 54.7 Å². The van der Waals surface area contributed by atoms with E-state index in [-0.39, 0.29) is 18.1 Å². The van der Waals surface area contributed by atoms with E-state index in [1.165, 1.54) is 0 Å². The Balaban J connectivity index is 1.66. The van der Waals surface area contributed by atoms with Crippen molar-refractivity contribution in [2.24, 2.45) is 0 Å². The molecule has 1 aliphatic heterocycles. The average Bonchev–Trinajstić information content (AvgIpc) is 3.19. The number of amides is 1. The van der Waals surface area contributed by atoms with Gasteiger partial charge in [0.05, 0.1) is 24.4 Å². The highest BCUT2D eigenvalue weighted by Gasteiger charge is 2.23. The van der Waals surface area contributed by atoms with Crippen LogP contribution >= 0.6 is 0 Å². The Bertz CT molecular complexity index is 618. The van der Waals surface area contributed by atoms with Crippen molar-refractivity contribution in [2.75, 3.05) is 13.2 Å². The van der Waals surface area contributed by atoms with Gasteiger partial charge in [0.2, 0.25) is 5.91 Å². The zero-order valence-corrected chi connectivity index (χ0v) is 14.4. The van der Waals surface area contributed by atoms with Gasteiger partial charge in [-0.05, 0) is 37.5 Å². The zero-order valence-electron chi connectivity index (χ0n) is 14.4. The zero-order chi connectivity index (χ0) is 17.5. The van der Waals surface area contributed by atoms with Crippen molar-refractivity contribution < 1.29 is 14.3 Å². The fraction of sp³-hybridized carbons (Fsp3) is 0.400. The van der Waals surface area contributed by atoms with Gasteiger partial charge in [-0.15, -0.1) is 0 Å². The van der Waals surface area contributed by atoms with Gasteiger partial charge in [-0.25, -0.2) is 0 Å². The van der Waals surface area contributed by atoms with Crippen molar-refractivity contribution in [3.05, 3.63) is 66.0 Å². The second kappa shape index (κ2) is 8.74. The fourth-order valence-electron chi connectivity index (χ4n) is 2.88. The maximum Gasteiger partial charge on any atom is 0.249 e. The highest BCUT2D eigenvalue weighted by molar-refractivity contribution is 5.81. The number of rotatable bonds is 7. The molecule has 1 aromatic carbocycles. The summed E-state index contributed by atoms with van der Waals surface area (Å²) in [7, 11) is 0. The summed E-state index contributed by atoms with van der Waals surface area (Å²) in [5, 5.41) is 3.06. The Labute approximate surface area is 148 Å². The molecule has 0 bridgehead atoms. The monoisotopic (exact) mass is 340 g/mol. The number of nitrogens with zero attached hydrogens (tertiary/aromatic N) is 1. The smallest absolute Gasteiger partial charge is 0.249 e. The van der Waals surface area contributed by atoms with Crippen molar-refractivity contribution in [1.82, 2.24) is 10.3 Å². The molecular formula is C20H24N2O3. The summed E-state index contributed by atoms with van der Waals surface area (Å²) < 4.78 is 11.2. The van der Waals surface area contributed by atoms with Crippen LogP contribution in [0, 0.1) is 0 Å². The lowest BCUT2D eigenvalue weighted by Crippen LogP contribution is -2.38. The van der Waals surface area contributed by atoms with Crippen molar-refractivity contribution in [1.29, 1.82) is 0 Å². The van der Waals surface area contributed by atoms with Gasteiger partial charge in [-0.1, -0.05) is 36.4 Å². The number of nitrogens with one attached hydrogen (secondary N) is 1. The number of aromatic nitrogens is 1. The molecule has 0 aliphatic carbocycles. The van der Waals surface area contributed by atoms with E-state index in [1.807, 2.05) is 48.5 Å². The minimum atomic E-state index is -0.542. The second-order valence-electron chi connectivity index (χ2n) is 6.22. The fourth-order valence-corrected chi connectivity index (χ4v) is 2.88. The topological polar surface area (TPSA) is 60.5 Å². The normalized spacial score (nSPS) is 19.3. The van der Waals surface area contributed by atoms with Crippen LogP contribution in [0.2, 0.25) is 0 Å². The number of benzene rings is 1. The molecule has 3 atom stereocenters. The molecule has 1 fully saturated rings. The second-order valence-corrected chi connectivity index (χ2v) is 6.22. The van der Waals surface area contributed by atoms with Gasteiger partial charge >= 0.3 is 0 Å². The molecule has 5 nitrogen and oxygen atoms in total. The molecule has 0 radical (unpaired) electrons. The van der Waals surface area contributed by atoms with Crippen LogP contribution in [0.25, 0.3) is 0 Å². The molecule has 2 heterocycles. The van der Waals surface area contributed by atoms with Crippen LogP contribution in [-0.4, -0.2) is 36.3 Å². The van der Waals surface area contributed by atoms with E-state index in [9.17, 15) is 4.79 Å². The summed E-state index contributed by atoms with van der Waals surface area (Å²) in [6, 6.07) is 15.2. The summed E-state index contributed by atoms with van der Waals surface area (Å²) in [5.74, 6) is -0.155. The lowest BCUT2D eigenvalue weighted by molar-refractivity contribution is -0.134. The first-order valence-electron chi connectivity index (χ1n) is 8.73. The summed E-state index contributed by atoms with van der Waals surface area (Å²) >= 11 is 0. The van der Waals surface area contributed by atoms with Gasteiger partial charge in [0.25, 0.3) is 0 Å². The largest absolute Gasteiger partial charge is 0.376 e. The molecule has 25 heavy (non-hydrogen) atoms. The van der Waals surface area contributed by atoms with Crippen LogP contribution in [0.1, 0.15) is 37.1 Å². The lowest BCUT2D eigenvalue weighted by Gasteiger charge is -2.22. The van der Waals surface area contributed by atoms with E-state index in [1.54, 1.807) is 13.1 Å². The Morgan fingerprint density at radius 1 is 1.28 bits per heavy atom. The number of ether oxygens (including phenoxy) is 2. The van der Waals surface area contributed by atoms with E-state index >= 15 is 0 Å². The van der Waals surface area contributed by atoms with Crippen LogP contribution in [0.3, 0.4) is 0 Å². The number of carbonyl (C=O) groups is 1. The Kier molecular flexibility index (Phi) is 6.14.